The fourth-order valence-corrected chi connectivity index (χ4v) is 2.30. The van der Waals surface area contributed by atoms with Crippen molar-refractivity contribution in [2.45, 2.75) is 39.2 Å². The van der Waals surface area contributed by atoms with Crippen molar-refractivity contribution in [1.82, 2.24) is 15.0 Å². The maximum Gasteiger partial charge on any atom is 0.231 e. The predicted molar refractivity (Wildman–Crippen MR) is 82.3 cm³/mol. The van der Waals surface area contributed by atoms with Gasteiger partial charge in [0.25, 0.3) is 0 Å². The molecule has 1 unspecified atom stereocenters. The highest BCUT2D eigenvalue weighted by Gasteiger charge is 2.18. The smallest absolute Gasteiger partial charge is 0.231 e. The number of amides is 1. The first-order valence-corrected chi connectivity index (χ1v) is 7.38. The lowest BCUT2D eigenvalue weighted by Crippen LogP contribution is -2.27. The number of anilines is 3. The summed E-state index contributed by atoms with van der Waals surface area (Å²) in [5, 5.41) is 6.21. The van der Waals surface area contributed by atoms with Crippen LogP contribution in [0.15, 0.2) is 0 Å². The number of nitrogens with two attached hydrogens (primary N) is 1. The minimum absolute atomic E-state index is 0.120. The van der Waals surface area contributed by atoms with E-state index in [4.69, 9.17) is 5.73 Å². The van der Waals surface area contributed by atoms with Gasteiger partial charge in [0.2, 0.25) is 23.8 Å². The van der Waals surface area contributed by atoms with Gasteiger partial charge in [0, 0.05) is 32.1 Å². The largest absolute Gasteiger partial charge is 0.370 e. The molecule has 1 atom stereocenters. The van der Waals surface area contributed by atoms with Crippen molar-refractivity contribution in [2.75, 3.05) is 35.2 Å². The van der Waals surface area contributed by atoms with Crippen molar-refractivity contribution >= 4 is 23.8 Å². The molecule has 1 aromatic heterocycles. The number of hydrogen-bond donors (Lipinski definition) is 3. The van der Waals surface area contributed by atoms with Gasteiger partial charge in [0.05, 0.1) is 0 Å². The zero-order chi connectivity index (χ0) is 15.2. The summed E-state index contributed by atoms with van der Waals surface area (Å²) in [6.45, 7) is 6.52. The standard InChI is InChI=1S/C13H23N7O/c1-3-15-11-17-12(16-9(2)8-10(14)21)19-13(18-11)20-6-4-5-7-20/h9H,3-8H2,1-2H3,(H2,14,21)(H2,15,16,17,18,19). The predicted octanol–water partition coefficient (Wildman–Crippen LogP) is 0.579. The van der Waals surface area contributed by atoms with Crippen LogP contribution in [-0.2, 0) is 4.79 Å². The van der Waals surface area contributed by atoms with E-state index in [1.54, 1.807) is 0 Å². The molecule has 21 heavy (non-hydrogen) atoms. The Labute approximate surface area is 124 Å². The highest BCUT2D eigenvalue weighted by molar-refractivity contribution is 5.74. The Morgan fingerprint density at radius 1 is 1.29 bits per heavy atom. The van der Waals surface area contributed by atoms with E-state index in [-0.39, 0.29) is 18.4 Å². The van der Waals surface area contributed by atoms with Gasteiger partial charge in [-0.1, -0.05) is 0 Å². The van der Waals surface area contributed by atoms with Crippen molar-refractivity contribution < 1.29 is 4.79 Å². The van der Waals surface area contributed by atoms with Gasteiger partial charge in [-0.2, -0.15) is 15.0 Å². The van der Waals surface area contributed by atoms with E-state index in [0.717, 1.165) is 32.5 Å². The lowest BCUT2D eigenvalue weighted by atomic mass is 10.2. The Hall–Kier alpha value is -2.12. The number of nitrogens with zero attached hydrogens (tertiary/aromatic N) is 4. The average molecular weight is 293 g/mol. The van der Waals surface area contributed by atoms with Crippen molar-refractivity contribution in [3.05, 3.63) is 0 Å². The van der Waals surface area contributed by atoms with Gasteiger partial charge in [0.15, 0.2) is 0 Å². The van der Waals surface area contributed by atoms with E-state index in [9.17, 15) is 4.79 Å². The van der Waals surface area contributed by atoms with Crippen LogP contribution in [0.25, 0.3) is 0 Å². The highest BCUT2D eigenvalue weighted by atomic mass is 16.1. The summed E-state index contributed by atoms with van der Waals surface area (Å²) < 4.78 is 0. The molecule has 1 saturated heterocycles. The van der Waals surface area contributed by atoms with Crippen molar-refractivity contribution in [1.29, 1.82) is 0 Å². The summed E-state index contributed by atoms with van der Waals surface area (Å²) in [4.78, 5) is 26.3. The van der Waals surface area contributed by atoms with Crippen LogP contribution in [0.5, 0.6) is 0 Å². The van der Waals surface area contributed by atoms with Crippen LogP contribution in [0.4, 0.5) is 17.8 Å². The maximum atomic E-state index is 11.0. The topological polar surface area (TPSA) is 109 Å². The first-order valence-electron chi connectivity index (χ1n) is 7.38. The Morgan fingerprint density at radius 2 is 1.95 bits per heavy atom. The second-order valence-corrected chi connectivity index (χ2v) is 5.22. The molecule has 2 rings (SSSR count). The minimum atomic E-state index is -0.351. The van der Waals surface area contributed by atoms with Crippen LogP contribution in [0, 0.1) is 0 Å². The molecule has 0 aliphatic carbocycles. The van der Waals surface area contributed by atoms with Gasteiger partial charge in [-0.15, -0.1) is 0 Å². The summed E-state index contributed by atoms with van der Waals surface area (Å²) in [7, 11) is 0. The van der Waals surface area contributed by atoms with E-state index in [0.29, 0.717) is 17.8 Å². The van der Waals surface area contributed by atoms with E-state index in [1.807, 2.05) is 13.8 Å². The monoisotopic (exact) mass is 293 g/mol. The molecule has 1 aromatic rings. The number of aromatic nitrogens is 3. The van der Waals surface area contributed by atoms with Crippen LogP contribution in [-0.4, -0.2) is 46.5 Å². The summed E-state index contributed by atoms with van der Waals surface area (Å²) in [6.07, 6.45) is 2.55. The van der Waals surface area contributed by atoms with E-state index in [2.05, 4.69) is 30.5 Å². The zero-order valence-electron chi connectivity index (χ0n) is 12.6. The van der Waals surface area contributed by atoms with Crippen molar-refractivity contribution in [3.8, 4) is 0 Å². The van der Waals surface area contributed by atoms with Crippen molar-refractivity contribution in [2.24, 2.45) is 5.73 Å². The summed E-state index contributed by atoms with van der Waals surface area (Å²) in [6, 6.07) is -0.120. The number of hydrogen-bond acceptors (Lipinski definition) is 7. The molecule has 8 heteroatoms. The third-order valence-corrected chi connectivity index (χ3v) is 3.23. The van der Waals surface area contributed by atoms with Crippen LogP contribution >= 0.6 is 0 Å². The first kappa shape index (κ1) is 15.3. The molecule has 1 aliphatic heterocycles. The molecule has 0 spiro atoms. The fraction of sp³-hybridized carbons (Fsp3) is 0.692. The van der Waals surface area contributed by atoms with Crippen LogP contribution in [0.3, 0.4) is 0 Å². The second-order valence-electron chi connectivity index (χ2n) is 5.22. The van der Waals surface area contributed by atoms with Gasteiger partial charge in [-0.3, -0.25) is 4.79 Å². The molecule has 8 nitrogen and oxygen atoms in total. The molecule has 116 valence electrons. The fourth-order valence-electron chi connectivity index (χ4n) is 2.30. The molecule has 0 aromatic carbocycles. The van der Waals surface area contributed by atoms with Gasteiger partial charge in [-0.05, 0) is 26.7 Å². The quantitative estimate of drug-likeness (QED) is 0.674. The van der Waals surface area contributed by atoms with Gasteiger partial charge >= 0.3 is 0 Å². The first-order chi connectivity index (χ1) is 10.1. The molecule has 1 aliphatic rings. The molecular formula is C13H23N7O. The molecule has 0 bridgehead atoms. The molecule has 2 heterocycles. The Kier molecular flexibility index (Phi) is 5.13. The average Bonchev–Trinajstić information content (AvgIpc) is 2.91. The van der Waals surface area contributed by atoms with Crippen LogP contribution in [0.1, 0.15) is 33.1 Å². The molecular weight excluding hydrogens is 270 g/mol. The van der Waals surface area contributed by atoms with Gasteiger partial charge in [-0.25, -0.2) is 0 Å². The van der Waals surface area contributed by atoms with Crippen molar-refractivity contribution in [3.63, 3.8) is 0 Å². The lowest BCUT2D eigenvalue weighted by Gasteiger charge is -2.18. The maximum absolute atomic E-state index is 11.0. The summed E-state index contributed by atoms with van der Waals surface area (Å²) in [5.41, 5.74) is 5.20. The summed E-state index contributed by atoms with van der Waals surface area (Å²) in [5.74, 6) is 1.34. The van der Waals surface area contributed by atoms with E-state index < -0.39 is 0 Å². The van der Waals surface area contributed by atoms with Gasteiger partial charge < -0.3 is 21.3 Å². The third-order valence-electron chi connectivity index (χ3n) is 3.23. The number of carbonyl (C=O) groups is 1. The van der Waals surface area contributed by atoms with Crippen LogP contribution < -0.4 is 21.3 Å². The molecule has 0 radical (unpaired) electrons. The minimum Gasteiger partial charge on any atom is -0.370 e. The Bertz CT molecular complexity index is 487. The van der Waals surface area contributed by atoms with Crippen LogP contribution in [0.2, 0.25) is 0 Å². The second kappa shape index (κ2) is 7.05. The Morgan fingerprint density at radius 3 is 2.57 bits per heavy atom. The van der Waals surface area contributed by atoms with E-state index in [1.165, 1.54) is 0 Å². The SMILES string of the molecule is CCNc1nc(NC(C)CC(N)=O)nc(N2CCCC2)n1. The zero-order valence-corrected chi connectivity index (χ0v) is 12.6. The van der Waals surface area contributed by atoms with Gasteiger partial charge in [0.1, 0.15) is 0 Å². The summed E-state index contributed by atoms with van der Waals surface area (Å²) >= 11 is 0. The molecule has 4 N–H and O–H groups in total. The normalized spacial score (nSPS) is 15.8. The third kappa shape index (κ3) is 4.44. The van der Waals surface area contributed by atoms with E-state index >= 15 is 0 Å². The number of nitrogens with one attached hydrogen (secondary N) is 2. The highest BCUT2D eigenvalue weighted by Crippen LogP contribution is 2.19. The lowest BCUT2D eigenvalue weighted by molar-refractivity contribution is -0.118. The Balaban J connectivity index is 2.16. The number of primary amides is 1. The molecule has 0 saturated carbocycles. The number of rotatable bonds is 7. The molecule has 1 fully saturated rings. The molecule has 1 amide bonds. The number of carbonyl (C=O) groups excluding carboxylic acids is 1.